The highest BCUT2D eigenvalue weighted by molar-refractivity contribution is 9.10. The lowest BCUT2D eigenvalue weighted by Gasteiger charge is -2.05. The molecule has 0 radical (unpaired) electrons. The summed E-state index contributed by atoms with van der Waals surface area (Å²) in [6.07, 6.45) is 6.85. The molecule has 0 amide bonds. The molecular weight excluding hydrogens is 388 g/mol. The highest BCUT2D eigenvalue weighted by atomic mass is 79.9. The number of thiophene rings is 1. The van der Waals surface area contributed by atoms with Crippen molar-refractivity contribution in [3.63, 3.8) is 0 Å². The first-order chi connectivity index (χ1) is 11.3. The summed E-state index contributed by atoms with van der Waals surface area (Å²) in [4.78, 5) is 10.1. The molecule has 5 heteroatoms. The summed E-state index contributed by atoms with van der Waals surface area (Å²) < 4.78 is 1.10. The van der Waals surface area contributed by atoms with Crippen molar-refractivity contribution in [2.45, 2.75) is 37.6 Å². The highest BCUT2D eigenvalue weighted by Gasteiger charge is 2.13. The van der Waals surface area contributed by atoms with Gasteiger partial charge in [-0.25, -0.2) is 9.97 Å². The van der Waals surface area contributed by atoms with Gasteiger partial charge >= 0.3 is 0 Å². The zero-order valence-electron chi connectivity index (χ0n) is 13.1. The third-order valence-electron chi connectivity index (χ3n) is 3.73. The van der Waals surface area contributed by atoms with Crippen molar-refractivity contribution in [2.75, 3.05) is 5.75 Å². The topological polar surface area (TPSA) is 25.8 Å². The molecule has 3 rings (SSSR count). The SMILES string of the molecule is CCCCCCSc1ncnc2scc(-c3ccc(Br)cc3)c12. The van der Waals surface area contributed by atoms with Crippen LogP contribution < -0.4 is 0 Å². The van der Waals surface area contributed by atoms with Gasteiger partial charge in [0.15, 0.2) is 0 Å². The third-order valence-corrected chi connectivity index (χ3v) is 6.22. The predicted molar refractivity (Wildman–Crippen MR) is 105 cm³/mol. The molecule has 2 aromatic heterocycles. The van der Waals surface area contributed by atoms with Crippen molar-refractivity contribution in [3.05, 3.63) is 40.4 Å². The molecule has 0 saturated heterocycles. The summed E-state index contributed by atoms with van der Waals surface area (Å²) >= 11 is 7.06. The van der Waals surface area contributed by atoms with Crippen LogP contribution in [-0.4, -0.2) is 15.7 Å². The van der Waals surface area contributed by atoms with E-state index >= 15 is 0 Å². The fourth-order valence-corrected chi connectivity index (χ4v) is 4.76. The van der Waals surface area contributed by atoms with Crippen LogP contribution in [0, 0.1) is 0 Å². The number of hydrogen-bond donors (Lipinski definition) is 0. The number of benzene rings is 1. The maximum Gasteiger partial charge on any atom is 0.128 e. The molecule has 0 bridgehead atoms. The lowest BCUT2D eigenvalue weighted by atomic mass is 10.1. The maximum absolute atomic E-state index is 4.55. The maximum atomic E-state index is 4.55. The Morgan fingerprint density at radius 3 is 2.70 bits per heavy atom. The number of thioether (sulfide) groups is 1. The molecule has 2 nitrogen and oxygen atoms in total. The zero-order chi connectivity index (χ0) is 16.1. The van der Waals surface area contributed by atoms with E-state index in [1.165, 1.54) is 42.2 Å². The second kappa shape index (κ2) is 8.27. The molecule has 0 aliphatic carbocycles. The normalized spacial score (nSPS) is 11.2. The first-order valence-electron chi connectivity index (χ1n) is 7.90. The zero-order valence-corrected chi connectivity index (χ0v) is 16.3. The molecule has 0 fully saturated rings. The largest absolute Gasteiger partial charge is 0.229 e. The monoisotopic (exact) mass is 406 g/mol. The molecule has 0 N–H and O–H groups in total. The van der Waals surface area contributed by atoms with Gasteiger partial charge in [-0.05, 0) is 29.9 Å². The quantitative estimate of drug-likeness (QED) is 0.245. The minimum Gasteiger partial charge on any atom is -0.229 e. The Balaban J connectivity index is 1.86. The summed E-state index contributed by atoms with van der Waals surface area (Å²) in [5.41, 5.74) is 2.47. The number of aromatic nitrogens is 2. The number of nitrogens with zero attached hydrogens (tertiary/aromatic N) is 2. The first kappa shape index (κ1) is 16.9. The van der Waals surface area contributed by atoms with Crippen molar-refractivity contribution in [2.24, 2.45) is 0 Å². The number of halogens is 1. The Morgan fingerprint density at radius 2 is 1.91 bits per heavy atom. The Labute approximate surface area is 153 Å². The van der Waals surface area contributed by atoms with Crippen molar-refractivity contribution in [1.29, 1.82) is 0 Å². The van der Waals surface area contributed by atoms with Crippen molar-refractivity contribution in [3.8, 4) is 11.1 Å². The van der Waals surface area contributed by atoms with E-state index < -0.39 is 0 Å². The number of hydrogen-bond acceptors (Lipinski definition) is 4. The van der Waals surface area contributed by atoms with Crippen LogP contribution in [0.5, 0.6) is 0 Å². The van der Waals surface area contributed by atoms with Crippen LogP contribution in [0.1, 0.15) is 32.6 Å². The number of rotatable bonds is 7. The molecule has 0 unspecified atom stereocenters. The van der Waals surface area contributed by atoms with Gasteiger partial charge in [0.2, 0.25) is 0 Å². The smallest absolute Gasteiger partial charge is 0.128 e. The van der Waals surface area contributed by atoms with Crippen LogP contribution in [0.4, 0.5) is 0 Å². The lowest BCUT2D eigenvalue weighted by molar-refractivity contribution is 0.706. The number of fused-ring (bicyclic) bond motifs is 1. The van der Waals surface area contributed by atoms with Gasteiger partial charge in [0.05, 0.1) is 5.39 Å². The summed E-state index contributed by atoms with van der Waals surface area (Å²) in [6, 6.07) is 8.46. The fraction of sp³-hybridized carbons (Fsp3) is 0.333. The molecule has 3 aromatic rings. The van der Waals surface area contributed by atoms with Gasteiger partial charge in [-0.3, -0.25) is 0 Å². The van der Waals surface area contributed by atoms with E-state index in [1.54, 1.807) is 17.7 Å². The average Bonchev–Trinajstić information content (AvgIpc) is 3.00. The van der Waals surface area contributed by atoms with Crippen LogP contribution >= 0.6 is 39.0 Å². The molecule has 0 saturated carbocycles. The highest BCUT2D eigenvalue weighted by Crippen LogP contribution is 2.38. The van der Waals surface area contributed by atoms with E-state index in [1.807, 2.05) is 11.8 Å². The number of unbranched alkanes of at least 4 members (excludes halogenated alkanes) is 3. The van der Waals surface area contributed by atoms with Crippen LogP contribution in [0.25, 0.3) is 21.3 Å². The van der Waals surface area contributed by atoms with Crippen LogP contribution in [-0.2, 0) is 0 Å². The van der Waals surface area contributed by atoms with E-state index in [2.05, 4.69) is 62.5 Å². The summed E-state index contributed by atoms with van der Waals surface area (Å²) in [7, 11) is 0. The van der Waals surface area contributed by atoms with Gasteiger partial charge in [-0.2, -0.15) is 0 Å². The fourth-order valence-electron chi connectivity index (χ4n) is 2.50. The standard InChI is InChI=1S/C18H19BrN2S2/c1-2-3-4-5-10-22-17-16-15(11-23-18(16)21-12-20-17)13-6-8-14(19)9-7-13/h6-9,11-12H,2-5,10H2,1H3. The van der Waals surface area contributed by atoms with Gasteiger partial charge in [-0.1, -0.05) is 54.2 Å². The van der Waals surface area contributed by atoms with Gasteiger partial charge in [0.1, 0.15) is 16.2 Å². The van der Waals surface area contributed by atoms with Gasteiger partial charge < -0.3 is 0 Å². The van der Waals surface area contributed by atoms with E-state index in [9.17, 15) is 0 Å². The molecule has 2 heterocycles. The summed E-state index contributed by atoms with van der Waals surface area (Å²) in [5, 5.41) is 4.52. The minimum atomic E-state index is 1.08. The predicted octanol–water partition coefficient (Wildman–Crippen LogP) is 6.79. The Bertz CT molecular complexity index is 768. The van der Waals surface area contributed by atoms with Crippen molar-refractivity contribution >= 4 is 49.2 Å². The van der Waals surface area contributed by atoms with Crippen LogP contribution in [0.15, 0.2) is 45.5 Å². The molecule has 23 heavy (non-hydrogen) atoms. The van der Waals surface area contributed by atoms with Gasteiger partial charge in [-0.15, -0.1) is 23.1 Å². The van der Waals surface area contributed by atoms with E-state index in [4.69, 9.17) is 0 Å². The van der Waals surface area contributed by atoms with E-state index in [0.29, 0.717) is 0 Å². The van der Waals surface area contributed by atoms with Crippen molar-refractivity contribution in [1.82, 2.24) is 9.97 Å². The van der Waals surface area contributed by atoms with Gasteiger partial charge in [0, 0.05) is 15.4 Å². The molecule has 1 aromatic carbocycles. The van der Waals surface area contributed by atoms with Crippen molar-refractivity contribution < 1.29 is 0 Å². The Morgan fingerprint density at radius 1 is 1.09 bits per heavy atom. The Kier molecular flexibility index (Phi) is 6.08. The third kappa shape index (κ3) is 4.14. The van der Waals surface area contributed by atoms with Gasteiger partial charge in [0.25, 0.3) is 0 Å². The molecular formula is C18H19BrN2S2. The summed E-state index contributed by atoms with van der Waals surface area (Å²) in [5.74, 6) is 1.13. The average molecular weight is 407 g/mol. The first-order valence-corrected chi connectivity index (χ1v) is 10.6. The molecule has 0 aliphatic heterocycles. The van der Waals surface area contributed by atoms with Crippen LogP contribution in [0.3, 0.4) is 0 Å². The molecule has 0 atom stereocenters. The minimum absolute atomic E-state index is 1.08. The summed E-state index contributed by atoms with van der Waals surface area (Å²) in [6.45, 7) is 2.25. The van der Waals surface area contributed by atoms with E-state index in [-0.39, 0.29) is 0 Å². The molecule has 120 valence electrons. The molecule has 0 aliphatic rings. The van der Waals surface area contributed by atoms with Crippen LogP contribution in [0.2, 0.25) is 0 Å². The lowest BCUT2D eigenvalue weighted by Crippen LogP contribution is -1.88. The second-order valence-corrected chi connectivity index (χ2v) is 8.28. The molecule has 0 spiro atoms. The second-order valence-electron chi connectivity index (χ2n) is 5.42. The Hall–Kier alpha value is -0.910. The van der Waals surface area contributed by atoms with E-state index in [0.717, 1.165) is 20.1 Å².